The summed E-state index contributed by atoms with van der Waals surface area (Å²) in [6.45, 7) is 4.03. The summed E-state index contributed by atoms with van der Waals surface area (Å²) in [6, 6.07) is 7.29. The van der Waals surface area contributed by atoms with E-state index in [1.165, 1.54) is 19.4 Å². The summed E-state index contributed by atoms with van der Waals surface area (Å²) in [5.41, 5.74) is 0.852. The molecule has 1 amide bonds. The summed E-state index contributed by atoms with van der Waals surface area (Å²) in [7, 11) is 1.29. The number of aromatic nitrogens is 1. The number of thiazole rings is 1. The minimum atomic E-state index is -0.484. The molecule has 0 bridgehead atoms. The summed E-state index contributed by atoms with van der Waals surface area (Å²) >= 11 is 1.05. The van der Waals surface area contributed by atoms with Crippen molar-refractivity contribution >= 4 is 34.4 Å². The lowest BCUT2D eigenvalue weighted by Crippen LogP contribution is -2.07. The van der Waals surface area contributed by atoms with Gasteiger partial charge in [0, 0.05) is 6.08 Å². The summed E-state index contributed by atoms with van der Waals surface area (Å²) < 4.78 is 9.96. The van der Waals surface area contributed by atoms with Gasteiger partial charge in [-0.15, -0.1) is 0 Å². The molecule has 7 heteroatoms. The molecule has 0 spiro atoms. The lowest BCUT2D eigenvalue weighted by Gasteiger charge is -2.02. The van der Waals surface area contributed by atoms with Crippen molar-refractivity contribution in [2.45, 2.75) is 0 Å². The minimum Gasteiger partial charge on any atom is -0.490 e. The van der Waals surface area contributed by atoms with E-state index >= 15 is 0 Å². The Labute approximate surface area is 143 Å². The van der Waals surface area contributed by atoms with Gasteiger partial charge in [-0.2, -0.15) is 0 Å². The largest absolute Gasteiger partial charge is 0.490 e. The number of hydrogen-bond acceptors (Lipinski definition) is 6. The standard InChI is InChI=1S/C17H16N2O4S/c1-3-10-23-13-7-4-12(5-8-13)6-9-15(20)19-17-18-11-14(24-17)16(21)22-2/h3-9,11H,1,10H2,2H3,(H,18,19,20)/b9-6+. The lowest BCUT2D eigenvalue weighted by molar-refractivity contribution is -0.111. The zero-order chi connectivity index (χ0) is 17.4. The second kappa shape index (κ2) is 8.64. The van der Waals surface area contributed by atoms with Gasteiger partial charge in [0.15, 0.2) is 5.13 Å². The van der Waals surface area contributed by atoms with Crippen molar-refractivity contribution in [1.82, 2.24) is 4.98 Å². The molecule has 0 unspecified atom stereocenters. The Kier molecular flexibility index (Phi) is 6.27. The maximum atomic E-state index is 11.9. The van der Waals surface area contributed by atoms with E-state index in [-0.39, 0.29) is 5.91 Å². The van der Waals surface area contributed by atoms with Crippen LogP contribution in [-0.2, 0) is 9.53 Å². The van der Waals surface area contributed by atoms with Crippen molar-refractivity contribution < 1.29 is 19.1 Å². The number of ether oxygens (including phenoxy) is 2. The molecule has 1 aromatic heterocycles. The van der Waals surface area contributed by atoms with Crippen LogP contribution in [0.1, 0.15) is 15.2 Å². The molecule has 0 aliphatic carbocycles. The Balaban J connectivity index is 1.91. The average molecular weight is 344 g/mol. The highest BCUT2D eigenvalue weighted by Gasteiger charge is 2.11. The first-order chi connectivity index (χ1) is 11.6. The SMILES string of the molecule is C=CCOc1ccc(/C=C/C(=O)Nc2ncc(C(=O)OC)s2)cc1. The molecule has 0 saturated heterocycles. The van der Waals surface area contributed by atoms with E-state index in [9.17, 15) is 9.59 Å². The molecule has 6 nitrogen and oxygen atoms in total. The van der Waals surface area contributed by atoms with Crippen LogP contribution in [0.3, 0.4) is 0 Å². The average Bonchev–Trinajstić information content (AvgIpc) is 3.06. The van der Waals surface area contributed by atoms with Gasteiger partial charge in [0.1, 0.15) is 17.2 Å². The molecule has 2 rings (SSSR count). The van der Waals surface area contributed by atoms with Crippen molar-refractivity contribution in [2.75, 3.05) is 19.0 Å². The fourth-order valence-corrected chi connectivity index (χ4v) is 2.41. The summed E-state index contributed by atoms with van der Waals surface area (Å²) in [5, 5.41) is 2.92. The third kappa shape index (κ3) is 5.06. The van der Waals surface area contributed by atoms with Gasteiger partial charge in [-0.05, 0) is 23.8 Å². The quantitative estimate of drug-likeness (QED) is 0.474. The molecule has 0 fully saturated rings. The molecule has 0 aliphatic rings. The molecule has 1 heterocycles. The summed E-state index contributed by atoms with van der Waals surface area (Å²) in [5.74, 6) is -0.0929. The summed E-state index contributed by atoms with van der Waals surface area (Å²) in [4.78, 5) is 27.5. The first kappa shape index (κ1) is 17.4. The number of benzene rings is 1. The predicted octanol–water partition coefficient (Wildman–Crippen LogP) is 3.15. The molecule has 2 aromatic rings. The van der Waals surface area contributed by atoms with E-state index in [2.05, 4.69) is 21.6 Å². The topological polar surface area (TPSA) is 77.5 Å². The molecule has 124 valence electrons. The first-order valence-electron chi connectivity index (χ1n) is 6.99. The molecular weight excluding hydrogens is 328 g/mol. The second-order valence-corrected chi connectivity index (χ2v) is 5.54. The van der Waals surface area contributed by atoms with Crippen LogP contribution in [-0.4, -0.2) is 30.6 Å². The van der Waals surface area contributed by atoms with Crippen molar-refractivity contribution in [3.05, 3.63) is 59.6 Å². The van der Waals surface area contributed by atoms with Crippen LogP contribution in [0.25, 0.3) is 6.08 Å². The van der Waals surface area contributed by atoms with Crippen LogP contribution in [0.5, 0.6) is 5.75 Å². The monoisotopic (exact) mass is 344 g/mol. The highest BCUT2D eigenvalue weighted by atomic mass is 32.1. The Bertz CT molecular complexity index is 750. The third-order valence-electron chi connectivity index (χ3n) is 2.80. The molecule has 24 heavy (non-hydrogen) atoms. The second-order valence-electron chi connectivity index (χ2n) is 4.51. The van der Waals surface area contributed by atoms with Crippen molar-refractivity contribution in [3.63, 3.8) is 0 Å². The third-order valence-corrected chi connectivity index (χ3v) is 3.69. The number of anilines is 1. The normalized spacial score (nSPS) is 10.4. The van der Waals surface area contributed by atoms with E-state index in [1.54, 1.807) is 12.2 Å². The van der Waals surface area contributed by atoms with Crippen molar-refractivity contribution in [2.24, 2.45) is 0 Å². The van der Waals surface area contributed by atoms with E-state index < -0.39 is 5.97 Å². The molecule has 1 N–H and O–H groups in total. The fourth-order valence-electron chi connectivity index (χ4n) is 1.68. The Hall–Kier alpha value is -2.93. The van der Waals surface area contributed by atoms with Gasteiger partial charge in [0.05, 0.1) is 13.3 Å². The van der Waals surface area contributed by atoms with E-state index in [0.29, 0.717) is 16.6 Å². The molecule has 1 aromatic carbocycles. The maximum Gasteiger partial charge on any atom is 0.349 e. The van der Waals surface area contributed by atoms with E-state index in [0.717, 1.165) is 22.6 Å². The number of nitrogens with one attached hydrogen (secondary N) is 1. The number of carbonyl (C=O) groups excluding carboxylic acids is 2. The van der Waals surface area contributed by atoms with Gasteiger partial charge in [-0.1, -0.05) is 36.1 Å². The summed E-state index contributed by atoms with van der Waals surface area (Å²) in [6.07, 6.45) is 6.08. The van der Waals surface area contributed by atoms with Crippen LogP contribution in [0.4, 0.5) is 5.13 Å². The number of carbonyl (C=O) groups is 2. The Morgan fingerprint density at radius 3 is 2.75 bits per heavy atom. The zero-order valence-corrected chi connectivity index (χ0v) is 13.8. The van der Waals surface area contributed by atoms with E-state index in [4.69, 9.17) is 4.74 Å². The number of hydrogen-bond donors (Lipinski definition) is 1. The fraction of sp³-hybridized carbons (Fsp3) is 0.118. The molecule has 0 aliphatic heterocycles. The van der Waals surface area contributed by atoms with Gasteiger partial charge >= 0.3 is 5.97 Å². The van der Waals surface area contributed by atoms with Gasteiger partial charge in [0.2, 0.25) is 5.91 Å². The number of esters is 1. The van der Waals surface area contributed by atoms with Crippen molar-refractivity contribution in [3.8, 4) is 5.75 Å². The van der Waals surface area contributed by atoms with Gasteiger partial charge in [0.25, 0.3) is 0 Å². The molecule has 0 saturated carbocycles. The number of amides is 1. The van der Waals surface area contributed by atoms with Crippen LogP contribution in [0, 0.1) is 0 Å². The van der Waals surface area contributed by atoms with Gasteiger partial charge in [-0.3, -0.25) is 10.1 Å². The van der Waals surface area contributed by atoms with Crippen molar-refractivity contribution in [1.29, 1.82) is 0 Å². The van der Waals surface area contributed by atoms with E-state index in [1.807, 2.05) is 24.3 Å². The maximum absolute atomic E-state index is 11.9. The molecule has 0 atom stereocenters. The van der Waals surface area contributed by atoms with Gasteiger partial charge < -0.3 is 9.47 Å². The highest BCUT2D eigenvalue weighted by molar-refractivity contribution is 7.17. The Morgan fingerprint density at radius 2 is 2.08 bits per heavy atom. The zero-order valence-electron chi connectivity index (χ0n) is 13.0. The minimum absolute atomic E-state index is 0.326. The first-order valence-corrected chi connectivity index (χ1v) is 7.81. The highest BCUT2D eigenvalue weighted by Crippen LogP contribution is 2.19. The molecular formula is C17H16N2O4S. The van der Waals surface area contributed by atoms with Crippen LogP contribution in [0.2, 0.25) is 0 Å². The van der Waals surface area contributed by atoms with Crippen LogP contribution >= 0.6 is 11.3 Å². The lowest BCUT2D eigenvalue weighted by atomic mass is 10.2. The smallest absolute Gasteiger partial charge is 0.349 e. The number of rotatable bonds is 7. The number of methoxy groups -OCH3 is 1. The van der Waals surface area contributed by atoms with Crippen LogP contribution < -0.4 is 10.1 Å². The van der Waals surface area contributed by atoms with Crippen LogP contribution in [0.15, 0.2) is 49.2 Å². The number of nitrogens with zero attached hydrogens (tertiary/aromatic N) is 1. The van der Waals surface area contributed by atoms with Gasteiger partial charge in [-0.25, -0.2) is 9.78 Å². The predicted molar refractivity (Wildman–Crippen MR) is 93.3 cm³/mol. The molecule has 0 radical (unpaired) electrons. The Morgan fingerprint density at radius 1 is 1.33 bits per heavy atom.